The van der Waals surface area contributed by atoms with Gasteiger partial charge in [0, 0.05) is 30.3 Å². The highest BCUT2D eigenvalue weighted by molar-refractivity contribution is 5.78. The number of carbonyl (C=O) groups is 1. The molecule has 1 atom stereocenters. The Morgan fingerprint density at radius 2 is 1.74 bits per heavy atom. The second-order valence-corrected chi connectivity index (χ2v) is 9.89. The predicted octanol–water partition coefficient (Wildman–Crippen LogP) is 2.75. The number of amides is 2. The zero-order valence-corrected chi connectivity index (χ0v) is 21.5. The molecule has 0 saturated carbocycles. The molecule has 3 heterocycles. The molecule has 1 aromatic heterocycles. The van der Waals surface area contributed by atoms with E-state index in [9.17, 15) is 14.7 Å². The first-order chi connectivity index (χ1) is 18.4. The van der Waals surface area contributed by atoms with Gasteiger partial charge in [-0.2, -0.15) is 0 Å². The molecule has 2 aliphatic rings. The van der Waals surface area contributed by atoms with Gasteiger partial charge in [0.25, 0.3) is 5.56 Å². The summed E-state index contributed by atoms with van der Waals surface area (Å²) in [6, 6.07) is 16.3. The van der Waals surface area contributed by atoms with Crippen molar-refractivity contribution >= 4 is 6.03 Å². The Bertz CT molecular complexity index is 1400. The van der Waals surface area contributed by atoms with Crippen LogP contribution in [0, 0.1) is 11.8 Å². The second-order valence-electron chi connectivity index (χ2n) is 9.89. The fourth-order valence-electron chi connectivity index (χ4n) is 4.63. The van der Waals surface area contributed by atoms with Crippen LogP contribution in [0.5, 0.6) is 5.75 Å². The fraction of sp³-hybridized carbons (Fsp3) is 0.345. The van der Waals surface area contributed by atoms with Gasteiger partial charge < -0.3 is 29.9 Å². The zero-order valence-electron chi connectivity index (χ0n) is 21.5. The summed E-state index contributed by atoms with van der Waals surface area (Å²) in [4.78, 5) is 34.7. The smallest absolute Gasteiger partial charge is 0.321 e. The van der Waals surface area contributed by atoms with Crippen molar-refractivity contribution in [1.82, 2.24) is 25.1 Å². The van der Waals surface area contributed by atoms with Crippen LogP contribution < -0.4 is 10.9 Å². The van der Waals surface area contributed by atoms with Gasteiger partial charge in [-0.25, -0.2) is 9.78 Å². The van der Waals surface area contributed by atoms with Gasteiger partial charge >= 0.3 is 6.03 Å². The lowest BCUT2D eigenvalue weighted by Gasteiger charge is -2.27. The van der Waals surface area contributed by atoms with Gasteiger partial charge in [0.15, 0.2) is 0 Å². The SMILES string of the molecule is CC(C)N1C(=O)N(Cc2nc[nH]c(=O)c2O)CC1c1ccc(C#Cc2ccc(CNC3COC3)cc2)cc1. The Hall–Kier alpha value is -4.13. The van der Waals surface area contributed by atoms with E-state index in [4.69, 9.17) is 4.74 Å². The molecule has 0 aliphatic carbocycles. The number of aromatic amines is 1. The van der Waals surface area contributed by atoms with Crippen molar-refractivity contribution in [2.45, 2.75) is 45.1 Å². The minimum absolute atomic E-state index is 0.0297. The molecule has 0 spiro atoms. The summed E-state index contributed by atoms with van der Waals surface area (Å²) in [5.41, 5.74) is 3.60. The van der Waals surface area contributed by atoms with E-state index >= 15 is 0 Å². The zero-order chi connectivity index (χ0) is 26.6. The van der Waals surface area contributed by atoms with Crippen molar-refractivity contribution in [3.05, 3.63) is 93.2 Å². The molecule has 2 aromatic carbocycles. The summed E-state index contributed by atoms with van der Waals surface area (Å²) in [7, 11) is 0. The minimum Gasteiger partial charge on any atom is -0.502 e. The van der Waals surface area contributed by atoms with Crippen molar-refractivity contribution in [3.8, 4) is 17.6 Å². The van der Waals surface area contributed by atoms with Crippen molar-refractivity contribution in [3.63, 3.8) is 0 Å². The quantitative estimate of drug-likeness (QED) is 0.419. The first-order valence-corrected chi connectivity index (χ1v) is 12.7. The fourth-order valence-corrected chi connectivity index (χ4v) is 4.63. The van der Waals surface area contributed by atoms with Gasteiger partial charge in [0.2, 0.25) is 5.75 Å². The third kappa shape index (κ3) is 5.57. The molecular formula is C29H31N5O4. The number of carbonyl (C=O) groups excluding carboxylic acids is 1. The minimum atomic E-state index is -0.622. The van der Waals surface area contributed by atoms with Crippen LogP contribution in [0.2, 0.25) is 0 Å². The number of aromatic hydroxyl groups is 1. The lowest BCUT2D eigenvalue weighted by atomic mass is 10.0. The summed E-state index contributed by atoms with van der Waals surface area (Å²) < 4.78 is 5.19. The molecular weight excluding hydrogens is 482 g/mol. The van der Waals surface area contributed by atoms with E-state index < -0.39 is 11.3 Å². The van der Waals surface area contributed by atoms with Crippen LogP contribution in [-0.2, 0) is 17.8 Å². The Morgan fingerprint density at radius 3 is 2.34 bits per heavy atom. The highest BCUT2D eigenvalue weighted by Gasteiger charge is 2.39. The van der Waals surface area contributed by atoms with E-state index in [0.717, 1.165) is 36.4 Å². The molecule has 2 amide bonds. The van der Waals surface area contributed by atoms with Gasteiger partial charge in [0.1, 0.15) is 5.69 Å². The van der Waals surface area contributed by atoms with Crippen molar-refractivity contribution in [2.75, 3.05) is 19.8 Å². The largest absolute Gasteiger partial charge is 0.502 e. The van der Waals surface area contributed by atoms with Crippen LogP contribution in [0.15, 0.2) is 59.7 Å². The van der Waals surface area contributed by atoms with Crippen LogP contribution in [-0.4, -0.2) is 62.7 Å². The molecule has 196 valence electrons. The van der Waals surface area contributed by atoms with Crippen LogP contribution in [0.25, 0.3) is 0 Å². The first-order valence-electron chi connectivity index (χ1n) is 12.7. The lowest BCUT2D eigenvalue weighted by molar-refractivity contribution is -0.00578. The highest BCUT2D eigenvalue weighted by atomic mass is 16.5. The van der Waals surface area contributed by atoms with Crippen LogP contribution in [0.1, 0.15) is 47.8 Å². The second kappa shape index (κ2) is 11.1. The number of H-pyrrole nitrogens is 1. The molecule has 9 nitrogen and oxygen atoms in total. The summed E-state index contributed by atoms with van der Waals surface area (Å²) in [6.45, 7) is 6.81. The molecule has 0 radical (unpaired) electrons. The first kappa shape index (κ1) is 25.5. The molecule has 1 unspecified atom stereocenters. The van der Waals surface area contributed by atoms with Gasteiger partial charge in [-0.3, -0.25) is 4.79 Å². The molecule has 9 heteroatoms. The van der Waals surface area contributed by atoms with E-state index in [1.165, 1.54) is 11.9 Å². The van der Waals surface area contributed by atoms with E-state index in [0.29, 0.717) is 12.6 Å². The van der Waals surface area contributed by atoms with Crippen LogP contribution >= 0.6 is 0 Å². The van der Waals surface area contributed by atoms with E-state index in [-0.39, 0.29) is 30.4 Å². The summed E-state index contributed by atoms with van der Waals surface area (Å²) in [5.74, 6) is 5.98. The Balaban J connectivity index is 1.25. The molecule has 3 aromatic rings. The van der Waals surface area contributed by atoms with Crippen molar-refractivity contribution < 1.29 is 14.6 Å². The normalized spacial score (nSPS) is 17.4. The van der Waals surface area contributed by atoms with Crippen molar-refractivity contribution in [1.29, 1.82) is 0 Å². The number of aromatic nitrogens is 2. The standard InChI is InChI=1S/C29H31N5O4/c1-19(2)34-26(15-33(29(34)37)14-25-27(35)28(36)32-18-31-25)23-11-9-21(10-12-23)4-3-20-5-7-22(8-6-20)13-30-24-16-38-17-24/h5-12,18-19,24,26,30,35H,13-17H2,1-2H3,(H,31,32,36). The Kier molecular flexibility index (Phi) is 7.45. The molecule has 2 aliphatic heterocycles. The summed E-state index contributed by atoms with van der Waals surface area (Å²) in [6.07, 6.45) is 1.23. The van der Waals surface area contributed by atoms with Gasteiger partial charge in [0.05, 0.1) is 38.2 Å². The maximum atomic E-state index is 13.2. The van der Waals surface area contributed by atoms with Crippen LogP contribution in [0.4, 0.5) is 4.79 Å². The van der Waals surface area contributed by atoms with Crippen molar-refractivity contribution in [2.24, 2.45) is 0 Å². The molecule has 3 N–H and O–H groups in total. The number of hydrogen-bond acceptors (Lipinski definition) is 6. The molecule has 2 saturated heterocycles. The van der Waals surface area contributed by atoms with E-state index in [1.807, 2.05) is 55.1 Å². The van der Waals surface area contributed by atoms with Gasteiger partial charge in [-0.15, -0.1) is 0 Å². The van der Waals surface area contributed by atoms with E-state index in [1.54, 1.807) is 4.90 Å². The van der Waals surface area contributed by atoms with Gasteiger partial charge in [-0.05, 0) is 49.2 Å². The predicted molar refractivity (Wildman–Crippen MR) is 142 cm³/mol. The number of benzene rings is 2. The third-order valence-corrected chi connectivity index (χ3v) is 6.86. The molecule has 38 heavy (non-hydrogen) atoms. The molecule has 0 bridgehead atoms. The summed E-state index contributed by atoms with van der Waals surface area (Å²) >= 11 is 0. The highest BCUT2D eigenvalue weighted by Crippen LogP contribution is 2.33. The lowest BCUT2D eigenvalue weighted by Crippen LogP contribution is -2.45. The van der Waals surface area contributed by atoms with Crippen LogP contribution in [0.3, 0.4) is 0 Å². The number of ether oxygens (including phenoxy) is 1. The number of rotatable bonds is 7. The number of nitrogens with zero attached hydrogens (tertiary/aromatic N) is 3. The van der Waals surface area contributed by atoms with E-state index in [2.05, 4.69) is 39.3 Å². The topological polar surface area (TPSA) is 111 Å². The molecule has 2 fully saturated rings. The van der Waals surface area contributed by atoms with Gasteiger partial charge in [-0.1, -0.05) is 36.1 Å². The number of nitrogens with one attached hydrogen (secondary N) is 2. The Labute approximate surface area is 221 Å². The average molecular weight is 514 g/mol. The Morgan fingerprint density at radius 1 is 1.08 bits per heavy atom. The third-order valence-electron chi connectivity index (χ3n) is 6.86. The molecule has 5 rings (SSSR count). The number of urea groups is 1. The monoisotopic (exact) mass is 513 g/mol. The maximum Gasteiger partial charge on any atom is 0.321 e. The summed E-state index contributed by atoms with van der Waals surface area (Å²) in [5, 5.41) is 13.5. The number of hydrogen-bond donors (Lipinski definition) is 3. The maximum absolute atomic E-state index is 13.2. The average Bonchev–Trinajstić information content (AvgIpc) is 3.21.